The molecule has 0 aliphatic heterocycles. The van der Waals surface area contributed by atoms with E-state index in [0.29, 0.717) is 6.42 Å². The predicted octanol–water partition coefficient (Wildman–Crippen LogP) is 3.93. The molecule has 13 heavy (non-hydrogen) atoms. The molecule has 0 fully saturated rings. The molecule has 0 saturated carbocycles. The summed E-state index contributed by atoms with van der Waals surface area (Å²) in [6.07, 6.45) is 6.84. The van der Waals surface area contributed by atoms with E-state index in [-0.39, 0.29) is 5.78 Å². The van der Waals surface area contributed by atoms with Crippen molar-refractivity contribution in [2.75, 3.05) is 0 Å². The van der Waals surface area contributed by atoms with E-state index >= 15 is 0 Å². The molecule has 0 atom stereocenters. The van der Waals surface area contributed by atoms with Gasteiger partial charge in [0.1, 0.15) is 5.78 Å². The number of hydrogen-bond donors (Lipinski definition) is 0. The average molecular weight is 182 g/mol. The summed E-state index contributed by atoms with van der Waals surface area (Å²) in [4.78, 5) is 10.4. The van der Waals surface area contributed by atoms with Gasteiger partial charge in [0, 0.05) is 6.42 Å². The maximum atomic E-state index is 10.4. The van der Waals surface area contributed by atoms with Crippen molar-refractivity contribution in [2.45, 2.75) is 33.1 Å². The van der Waals surface area contributed by atoms with Gasteiger partial charge in [-0.15, -0.1) is 26.3 Å². The molecule has 0 spiro atoms. The van der Waals surface area contributed by atoms with Gasteiger partial charge in [-0.2, -0.15) is 0 Å². The number of rotatable bonds is 4. The van der Waals surface area contributed by atoms with Crippen molar-refractivity contribution >= 4 is 5.78 Å². The van der Waals surface area contributed by atoms with E-state index in [4.69, 9.17) is 0 Å². The lowest BCUT2D eigenvalue weighted by Gasteiger charge is -1.83. The molecule has 0 rings (SSSR count). The van der Waals surface area contributed by atoms with Gasteiger partial charge in [0.05, 0.1) is 0 Å². The molecule has 0 saturated heterocycles. The topological polar surface area (TPSA) is 17.1 Å². The van der Waals surface area contributed by atoms with Crippen LogP contribution < -0.4 is 0 Å². The molecule has 1 nitrogen and oxygen atoms in total. The van der Waals surface area contributed by atoms with Gasteiger partial charge < -0.3 is 0 Å². The smallest absolute Gasteiger partial charge is 0.133 e. The molecule has 0 aliphatic carbocycles. The molecule has 0 amide bonds. The van der Waals surface area contributed by atoms with Crippen LogP contribution in [0.4, 0.5) is 0 Å². The summed E-state index contributed by atoms with van der Waals surface area (Å²) in [7, 11) is 0. The second-order valence-electron chi connectivity index (χ2n) is 2.17. The fourth-order valence-corrected chi connectivity index (χ4v) is 0.534. The summed E-state index contributed by atoms with van der Waals surface area (Å²) in [5.74, 6) is 0.238. The highest BCUT2D eigenvalue weighted by atomic mass is 16.1. The standard InChI is InChI=1S/C8H14O.2C2H4/c1-3-4-5-6-7-8(2)9;2*1-2/h5-6H,3-4,7H2,1-2H3;2*1-2H2. The third-order valence-corrected chi connectivity index (χ3v) is 1.03. The van der Waals surface area contributed by atoms with E-state index in [2.05, 4.69) is 39.3 Å². The number of unbranched alkanes of at least 4 members (excludes halogenated alkanes) is 1. The number of ketones is 1. The molecule has 76 valence electrons. The minimum atomic E-state index is 0.238. The van der Waals surface area contributed by atoms with Crippen LogP contribution in [0.25, 0.3) is 0 Å². The largest absolute Gasteiger partial charge is 0.300 e. The molecule has 0 bridgehead atoms. The zero-order chi connectivity index (χ0) is 11.1. The van der Waals surface area contributed by atoms with E-state index in [1.165, 1.54) is 0 Å². The van der Waals surface area contributed by atoms with Crippen LogP contribution in [0.1, 0.15) is 33.1 Å². The zero-order valence-corrected chi connectivity index (χ0v) is 9.01. The Bertz CT molecular complexity index is 123. The second kappa shape index (κ2) is 22.4. The first-order valence-corrected chi connectivity index (χ1v) is 4.41. The summed E-state index contributed by atoms with van der Waals surface area (Å²) in [6, 6.07) is 0. The van der Waals surface area contributed by atoms with Crippen LogP contribution >= 0.6 is 0 Å². The maximum absolute atomic E-state index is 10.4. The Balaban J connectivity index is -0.000000218. The second-order valence-corrected chi connectivity index (χ2v) is 2.17. The number of carbonyl (C=O) groups is 1. The van der Waals surface area contributed by atoms with Crippen LogP contribution in [-0.2, 0) is 4.79 Å². The van der Waals surface area contributed by atoms with E-state index in [1.807, 2.05) is 6.08 Å². The van der Waals surface area contributed by atoms with E-state index in [1.54, 1.807) is 6.92 Å². The molecular formula is C12H22O. The first kappa shape index (κ1) is 17.8. The Labute approximate surface area is 82.9 Å². The molecule has 0 radical (unpaired) electrons. The summed E-state index contributed by atoms with van der Waals surface area (Å²) >= 11 is 0. The molecule has 1 heteroatoms. The number of carbonyl (C=O) groups excluding carboxylic acids is 1. The lowest BCUT2D eigenvalue weighted by molar-refractivity contribution is -0.116. The molecule has 0 aromatic heterocycles. The third-order valence-electron chi connectivity index (χ3n) is 1.03. The third kappa shape index (κ3) is 36.0. The van der Waals surface area contributed by atoms with E-state index in [0.717, 1.165) is 12.8 Å². The number of allylic oxidation sites excluding steroid dienone is 2. The van der Waals surface area contributed by atoms with Gasteiger partial charge in [0.2, 0.25) is 0 Å². The maximum Gasteiger partial charge on any atom is 0.133 e. The molecular weight excluding hydrogens is 160 g/mol. The molecule has 0 aromatic carbocycles. The van der Waals surface area contributed by atoms with Gasteiger partial charge in [0.25, 0.3) is 0 Å². The van der Waals surface area contributed by atoms with Crippen LogP contribution in [0.15, 0.2) is 38.5 Å². The van der Waals surface area contributed by atoms with Crippen molar-refractivity contribution in [1.29, 1.82) is 0 Å². The van der Waals surface area contributed by atoms with Crippen molar-refractivity contribution in [3.63, 3.8) is 0 Å². The lowest BCUT2D eigenvalue weighted by Crippen LogP contribution is -1.83. The Kier molecular flexibility index (Phi) is 30.8. The summed E-state index contributed by atoms with van der Waals surface area (Å²) in [5, 5.41) is 0. The van der Waals surface area contributed by atoms with Gasteiger partial charge in [0.15, 0.2) is 0 Å². The first-order chi connectivity index (χ1) is 6.27. The fourth-order valence-electron chi connectivity index (χ4n) is 0.534. The monoisotopic (exact) mass is 182 g/mol. The van der Waals surface area contributed by atoms with Crippen LogP contribution in [0, 0.1) is 0 Å². The van der Waals surface area contributed by atoms with Gasteiger partial charge >= 0.3 is 0 Å². The Hall–Kier alpha value is -1.11. The predicted molar refractivity (Wildman–Crippen MR) is 61.9 cm³/mol. The Morgan fingerprint density at radius 3 is 1.92 bits per heavy atom. The molecule has 0 heterocycles. The highest BCUT2D eigenvalue weighted by molar-refractivity contribution is 5.76. The van der Waals surface area contributed by atoms with Crippen LogP contribution in [0.5, 0.6) is 0 Å². The van der Waals surface area contributed by atoms with Gasteiger partial charge in [-0.3, -0.25) is 4.79 Å². The average Bonchev–Trinajstić information content (AvgIpc) is 2.19. The summed E-state index contributed by atoms with van der Waals surface area (Å²) in [6.45, 7) is 15.7. The summed E-state index contributed by atoms with van der Waals surface area (Å²) in [5.41, 5.74) is 0. The van der Waals surface area contributed by atoms with Gasteiger partial charge in [-0.1, -0.05) is 25.5 Å². The van der Waals surface area contributed by atoms with E-state index < -0.39 is 0 Å². The van der Waals surface area contributed by atoms with Crippen molar-refractivity contribution in [2.24, 2.45) is 0 Å². The molecule has 0 aliphatic rings. The lowest BCUT2D eigenvalue weighted by atomic mass is 10.2. The number of Topliss-reactive ketones (excluding diaryl/α,β-unsaturated/α-hetero) is 1. The first-order valence-electron chi connectivity index (χ1n) is 4.41. The zero-order valence-electron chi connectivity index (χ0n) is 9.01. The fraction of sp³-hybridized carbons (Fsp3) is 0.417. The quantitative estimate of drug-likeness (QED) is 0.602. The van der Waals surface area contributed by atoms with Gasteiger partial charge in [-0.25, -0.2) is 0 Å². The molecule has 0 N–H and O–H groups in total. The highest BCUT2D eigenvalue weighted by Gasteiger charge is 1.83. The summed E-state index contributed by atoms with van der Waals surface area (Å²) < 4.78 is 0. The van der Waals surface area contributed by atoms with E-state index in [9.17, 15) is 4.79 Å². The molecule has 0 aromatic rings. The minimum Gasteiger partial charge on any atom is -0.300 e. The SMILES string of the molecule is C=C.C=C.CCCC=CCC(C)=O. The molecule has 0 unspecified atom stereocenters. The number of hydrogen-bond acceptors (Lipinski definition) is 1. The minimum absolute atomic E-state index is 0.238. The van der Waals surface area contributed by atoms with Crippen molar-refractivity contribution < 1.29 is 4.79 Å². The van der Waals surface area contributed by atoms with Crippen LogP contribution in [-0.4, -0.2) is 5.78 Å². The Morgan fingerprint density at radius 1 is 1.15 bits per heavy atom. The van der Waals surface area contributed by atoms with Crippen molar-refractivity contribution in [3.8, 4) is 0 Å². The van der Waals surface area contributed by atoms with Crippen molar-refractivity contribution in [3.05, 3.63) is 38.5 Å². The highest BCUT2D eigenvalue weighted by Crippen LogP contribution is 1.91. The van der Waals surface area contributed by atoms with Crippen LogP contribution in [0.2, 0.25) is 0 Å². The normalized spacial score (nSPS) is 7.85. The Morgan fingerprint density at radius 2 is 1.62 bits per heavy atom. The van der Waals surface area contributed by atoms with Crippen molar-refractivity contribution in [1.82, 2.24) is 0 Å². The van der Waals surface area contributed by atoms with Crippen LogP contribution in [0.3, 0.4) is 0 Å². The van der Waals surface area contributed by atoms with Gasteiger partial charge in [-0.05, 0) is 13.3 Å².